The normalized spacial score (nSPS) is 28.1. The Balaban J connectivity index is 1.83. The molecule has 0 amide bonds. The Kier molecular flexibility index (Phi) is 2.46. The van der Waals surface area contributed by atoms with E-state index in [-0.39, 0.29) is 19.0 Å². The number of hydrogen-bond donors (Lipinski definition) is 1. The number of ether oxygens (including phenoxy) is 3. The standard InChI is InChI=1S/C12H14O4/c13-9-3-4-14-11(6-9)8-1-2-10-12(5-8)16-7-15-10/h1-2,5,9,11,13H,3-4,6-7H2. The molecule has 4 heteroatoms. The highest BCUT2D eigenvalue weighted by Crippen LogP contribution is 2.37. The summed E-state index contributed by atoms with van der Waals surface area (Å²) in [5.41, 5.74) is 1.04. The molecular formula is C12H14O4. The molecule has 0 aliphatic carbocycles. The molecule has 2 aliphatic rings. The van der Waals surface area contributed by atoms with E-state index < -0.39 is 0 Å². The second-order valence-corrected chi connectivity index (χ2v) is 4.15. The van der Waals surface area contributed by atoms with Crippen LogP contribution in [0.15, 0.2) is 18.2 Å². The van der Waals surface area contributed by atoms with Gasteiger partial charge in [0.25, 0.3) is 0 Å². The minimum Gasteiger partial charge on any atom is -0.454 e. The number of rotatable bonds is 1. The fourth-order valence-corrected chi connectivity index (χ4v) is 2.13. The molecule has 0 bridgehead atoms. The molecule has 1 aromatic rings. The Bertz CT molecular complexity index is 391. The Morgan fingerprint density at radius 2 is 2.06 bits per heavy atom. The van der Waals surface area contributed by atoms with Gasteiger partial charge in [-0.25, -0.2) is 0 Å². The maximum absolute atomic E-state index is 9.60. The fourth-order valence-electron chi connectivity index (χ4n) is 2.13. The first-order chi connectivity index (χ1) is 7.83. The lowest BCUT2D eigenvalue weighted by Gasteiger charge is -2.26. The summed E-state index contributed by atoms with van der Waals surface area (Å²) in [5.74, 6) is 1.54. The van der Waals surface area contributed by atoms with E-state index in [9.17, 15) is 5.11 Å². The molecule has 0 saturated carbocycles. The van der Waals surface area contributed by atoms with Crippen LogP contribution in [0.2, 0.25) is 0 Å². The summed E-state index contributed by atoms with van der Waals surface area (Å²) in [7, 11) is 0. The summed E-state index contributed by atoms with van der Waals surface area (Å²) in [4.78, 5) is 0. The van der Waals surface area contributed by atoms with Gasteiger partial charge in [0.05, 0.1) is 12.2 Å². The smallest absolute Gasteiger partial charge is 0.231 e. The average Bonchev–Trinajstić information content (AvgIpc) is 2.75. The van der Waals surface area contributed by atoms with Crippen molar-refractivity contribution >= 4 is 0 Å². The van der Waals surface area contributed by atoms with E-state index in [1.165, 1.54) is 0 Å². The molecule has 1 aromatic carbocycles. The second-order valence-electron chi connectivity index (χ2n) is 4.15. The number of aliphatic hydroxyl groups excluding tert-OH is 1. The van der Waals surface area contributed by atoms with Gasteiger partial charge in [-0.1, -0.05) is 6.07 Å². The summed E-state index contributed by atoms with van der Waals surface area (Å²) in [6, 6.07) is 5.79. The monoisotopic (exact) mass is 222 g/mol. The molecule has 0 aromatic heterocycles. The van der Waals surface area contributed by atoms with Crippen LogP contribution in [-0.4, -0.2) is 24.6 Å². The molecule has 0 radical (unpaired) electrons. The average molecular weight is 222 g/mol. The van der Waals surface area contributed by atoms with E-state index in [0.717, 1.165) is 23.5 Å². The summed E-state index contributed by atoms with van der Waals surface area (Å²) in [5, 5.41) is 9.60. The van der Waals surface area contributed by atoms with Gasteiger partial charge in [-0.05, 0) is 24.1 Å². The number of hydrogen-bond acceptors (Lipinski definition) is 4. The zero-order valence-corrected chi connectivity index (χ0v) is 8.89. The van der Waals surface area contributed by atoms with Crippen LogP contribution < -0.4 is 9.47 Å². The van der Waals surface area contributed by atoms with Gasteiger partial charge in [0.15, 0.2) is 11.5 Å². The predicted molar refractivity (Wildman–Crippen MR) is 56.5 cm³/mol. The van der Waals surface area contributed by atoms with Crippen molar-refractivity contribution in [3.63, 3.8) is 0 Å². The van der Waals surface area contributed by atoms with Crippen molar-refractivity contribution < 1.29 is 19.3 Å². The van der Waals surface area contributed by atoms with Crippen molar-refractivity contribution in [1.82, 2.24) is 0 Å². The molecule has 1 fully saturated rings. The van der Waals surface area contributed by atoms with Crippen molar-refractivity contribution in [1.29, 1.82) is 0 Å². The van der Waals surface area contributed by atoms with Crippen LogP contribution in [0.1, 0.15) is 24.5 Å². The van der Waals surface area contributed by atoms with Gasteiger partial charge in [0.2, 0.25) is 6.79 Å². The quantitative estimate of drug-likeness (QED) is 0.784. The second kappa shape index (κ2) is 3.96. The van der Waals surface area contributed by atoms with Gasteiger partial charge < -0.3 is 19.3 Å². The lowest BCUT2D eigenvalue weighted by atomic mass is 9.99. The lowest BCUT2D eigenvalue weighted by molar-refractivity contribution is -0.0448. The molecule has 2 aliphatic heterocycles. The van der Waals surface area contributed by atoms with Crippen molar-refractivity contribution in [3.05, 3.63) is 23.8 Å². The molecular weight excluding hydrogens is 208 g/mol. The van der Waals surface area contributed by atoms with Crippen LogP contribution in [-0.2, 0) is 4.74 Å². The molecule has 4 nitrogen and oxygen atoms in total. The minimum absolute atomic E-state index is 0.0294. The zero-order chi connectivity index (χ0) is 11.0. The van der Waals surface area contributed by atoms with E-state index in [0.29, 0.717) is 13.0 Å². The van der Waals surface area contributed by atoms with E-state index >= 15 is 0 Å². The highest BCUT2D eigenvalue weighted by atomic mass is 16.7. The van der Waals surface area contributed by atoms with Crippen molar-refractivity contribution in [2.45, 2.75) is 25.0 Å². The Hall–Kier alpha value is -1.26. The Morgan fingerprint density at radius 1 is 1.19 bits per heavy atom. The summed E-state index contributed by atoms with van der Waals surface area (Å²) < 4.78 is 16.2. The third kappa shape index (κ3) is 1.74. The Labute approximate surface area is 93.7 Å². The molecule has 2 unspecified atom stereocenters. The largest absolute Gasteiger partial charge is 0.454 e. The third-order valence-corrected chi connectivity index (χ3v) is 3.02. The molecule has 1 saturated heterocycles. The van der Waals surface area contributed by atoms with Crippen LogP contribution in [0.4, 0.5) is 0 Å². The summed E-state index contributed by atoms with van der Waals surface area (Å²) in [6.45, 7) is 0.896. The van der Waals surface area contributed by atoms with Gasteiger partial charge in [0, 0.05) is 13.0 Å². The van der Waals surface area contributed by atoms with Crippen LogP contribution in [0.5, 0.6) is 11.5 Å². The maximum atomic E-state index is 9.60. The van der Waals surface area contributed by atoms with E-state index in [2.05, 4.69) is 0 Å². The molecule has 1 N–H and O–H groups in total. The number of aliphatic hydroxyl groups is 1. The van der Waals surface area contributed by atoms with Crippen molar-refractivity contribution in [3.8, 4) is 11.5 Å². The SMILES string of the molecule is OC1CCOC(c2ccc3c(c2)OCO3)C1. The first-order valence-corrected chi connectivity index (χ1v) is 5.52. The molecule has 3 rings (SSSR count). The van der Waals surface area contributed by atoms with Gasteiger partial charge in [-0.15, -0.1) is 0 Å². The first kappa shape index (κ1) is 9.93. The molecule has 2 heterocycles. The van der Waals surface area contributed by atoms with E-state index in [4.69, 9.17) is 14.2 Å². The minimum atomic E-state index is -0.260. The first-order valence-electron chi connectivity index (χ1n) is 5.52. The van der Waals surface area contributed by atoms with E-state index in [1.807, 2.05) is 18.2 Å². The van der Waals surface area contributed by atoms with Gasteiger partial charge >= 0.3 is 0 Å². The molecule has 0 spiro atoms. The van der Waals surface area contributed by atoms with E-state index in [1.54, 1.807) is 0 Å². The molecule has 2 atom stereocenters. The van der Waals surface area contributed by atoms with Crippen LogP contribution in [0, 0.1) is 0 Å². The molecule has 86 valence electrons. The van der Waals surface area contributed by atoms with Crippen molar-refractivity contribution in [2.24, 2.45) is 0 Å². The number of benzene rings is 1. The number of fused-ring (bicyclic) bond motifs is 1. The Morgan fingerprint density at radius 3 is 2.94 bits per heavy atom. The van der Waals surface area contributed by atoms with Crippen LogP contribution in [0.25, 0.3) is 0 Å². The lowest BCUT2D eigenvalue weighted by Crippen LogP contribution is -2.23. The maximum Gasteiger partial charge on any atom is 0.231 e. The van der Waals surface area contributed by atoms with Crippen LogP contribution in [0.3, 0.4) is 0 Å². The highest BCUT2D eigenvalue weighted by Gasteiger charge is 2.24. The van der Waals surface area contributed by atoms with Crippen LogP contribution >= 0.6 is 0 Å². The van der Waals surface area contributed by atoms with Gasteiger partial charge in [-0.3, -0.25) is 0 Å². The van der Waals surface area contributed by atoms with Gasteiger partial charge in [0.1, 0.15) is 0 Å². The summed E-state index contributed by atoms with van der Waals surface area (Å²) >= 11 is 0. The predicted octanol–water partition coefficient (Wildman–Crippen LogP) is 1.63. The third-order valence-electron chi connectivity index (χ3n) is 3.02. The van der Waals surface area contributed by atoms with Crippen molar-refractivity contribution in [2.75, 3.05) is 13.4 Å². The van der Waals surface area contributed by atoms with Gasteiger partial charge in [-0.2, -0.15) is 0 Å². The fraction of sp³-hybridized carbons (Fsp3) is 0.500. The summed E-state index contributed by atoms with van der Waals surface area (Å²) in [6.07, 6.45) is 1.09. The topological polar surface area (TPSA) is 47.9 Å². The highest BCUT2D eigenvalue weighted by molar-refractivity contribution is 5.45. The zero-order valence-electron chi connectivity index (χ0n) is 8.89. The molecule has 16 heavy (non-hydrogen) atoms.